The third-order valence-corrected chi connectivity index (χ3v) is 9.55. The predicted octanol–water partition coefficient (Wildman–Crippen LogP) is 3.39. The van der Waals surface area contributed by atoms with Crippen LogP contribution in [-0.2, 0) is 58.9 Å². The second kappa shape index (κ2) is 39.4. The summed E-state index contributed by atoms with van der Waals surface area (Å²) in [6, 6.07) is 7.69. The van der Waals surface area contributed by atoms with Gasteiger partial charge in [0.25, 0.3) is 5.91 Å². The van der Waals surface area contributed by atoms with Gasteiger partial charge in [-0.25, -0.2) is 10.2 Å². The van der Waals surface area contributed by atoms with Gasteiger partial charge in [0.05, 0.1) is 45.7 Å². The predicted molar refractivity (Wildman–Crippen MR) is 231 cm³/mol. The molecule has 1 aromatic carbocycles. The van der Waals surface area contributed by atoms with E-state index in [0.717, 1.165) is 50.4 Å². The molecule has 4 amide bonds. The maximum absolute atomic E-state index is 12.3. The molecule has 0 bridgehead atoms. The van der Waals surface area contributed by atoms with Crippen LogP contribution in [0.2, 0.25) is 0 Å². The van der Waals surface area contributed by atoms with Crippen LogP contribution in [0.15, 0.2) is 30.3 Å². The van der Waals surface area contributed by atoms with Crippen molar-refractivity contribution in [2.75, 3.05) is 65.9 Å². The minimum absolute atomic E-state index is 0.0308. The van der Waals surface area contributed by atoms with Crippen molar-refractivity contribution in [1.29, 1.82) is 0 Å². The van der Waals surface area contributed by atoms with Gasteiger partial charge in [-0.05, 0) is 31.2 Å². The summed E-state index contributed by atoms with van der Waals surface area (Å²) < 4.78 is 21.3. The first-order valence-electron chi connectivity index (χ1n) is 22.2. The average Bonchev–Trinajstić information content (AvgIpc) is 3.25. The Labute approximate surface area is 366 Å². The van der Waals surface area contributed by atoms with Crippen LogP contribution in [0.25, 0.3) is 0 Å². The fourth-order valence-corrected chi connectivity index (χ4v) is 6.13. The summed E-state index contributed by atoms with van der Waals surface area (Å²) in [4.78, 5) is 81.8. The van der Waals surface area contributed by atoms with Crippen molar-refractivity contribution < 1.29 is 62.7 Å². The van der Waals surface area contributed by atoms with Gasteiger partial charge in [-0.3, -0.25) is 29.4 Å². The Hall–Kier alpha value is -4.49. The van der Waals surface area contributed by atoms with Crippen molar-refractivity contribution in [2.24, 2.45) is 0 Å². The third kappa shape index (κ3) is 35.1. The Bertz CT molecular complexity index is 1370. The molecule has 1 aromatic rings. The van der Waals surface area contributed by atoms with Gasteiger partial charge in [-0.2, -0.15) is 0 Å². The van der Waals surface area contributed by atoms with Crippen molar-refractivity contribution in [1.82, 2.24) is 26.8 Å². The lowest BCUT2D eigenvalue weighted by atomic mass is 10.0. The number of hydrogen-bond acceptors (Lipinski definition) is 12. The Morgan fingerprint density at radius 3 is 1.55 bits per heavy atom. The van der Waals surface area contributed by atoms with Crippen molar-refractivity contribution in [3.63, 3.8) is 0 Å². The monoisotopic (exact) mass is 880 g/mol. The smallest absolute Gasteiger partial charge is 0.326 e. The molecule has 0 heterocycles. The summed E-state index contributed by atoms with van der Waals surface area (Å²) in [7, 11) is 0. The first-order valence-corrected chi connectivity index (χ1v) is 22.2. The Balaban J connectivity index is 1.92. The number of amides is 4. The number of hydrazine groups is 1. The quantitative estimate of drug-likeness (QED) is 0.0282. The number of carboxylic acids is 2. The van der Waals surface area contributed by atoms with E-state index < -0.39 is 29.9 Å². The summed E-state index contributed by atoms with van der Waals surface area (Å²) >= 11 is 0. The van der Waals surface area contributed by atoms with Gasteiger partial charge in [0.1, 0.15) is 25.5 Å². The second-order valence-corrected chi connectivity index (χ2v) is 15.0. The molecule has 0 aromatic heterocycles. The highest BCUT2D eigenvalue weighted by Crippen LogP contribution is 2.14. The largest absolute Gasteiger partial charge is 0.481 e. The van der Waals surface area contributed by atoms with Crippen LogP contribution in [0.3, 0.4) is 0 Å². The number of carbonyl (C=O) groups is 7. The fraction of sp³-hybridized carbons (Fsp3) is 0.705. The van der Waals surface area contributed by atoms with Gasteiger partial charge < -0.3 is 49.9 Å². The molecule has 2 atom stereocenters. The number of rotatable bonds is 43. The molecular formula is C44H73N5O13. The van der Waals surface area contributed by atoms with Crippen molar-refractivity contribution in [3.05, 3.63) is 35.9 Å². The Kier molecular flexibility index (Phi) is 35.3. The minimum atomic E-state index is -1.19. The van der Waals surface area contributed by atoms with E-state index in [1.165, 1.54) is 44.9 Å². The first kappa shape index (κ1) is 55.5. The van der Waals surface area contributed by atoms with E-state index in [1.807, 2.05) is 30.3 Å². The molecule has 0 aliphatic heterocycles. The van der Waals surface area contributed by atoms with Gasteiger partial charge in [-0.1, -0.05) is 107 Å². The molecule has 0 aliphatic carbocycles. The van der Waals surface area contributed by atoms with Crippen LogP contribution >= 0.6 is 0 Å². The number of nitrogens with one attached hydrogen (secondary N) is 5. The number of benzene rings is 1. The zero-order valence-corrected chi connectivity index (χ0v) is 36.5. The highest BCUT2D eigenvalue weighted by Gasteiger charge is 2.21. The van der Waals surface area contributed by atoms with Crippen molar-refractivity contribution in [3.8, 4) is 0 Å². The molecular weight excluding hydrogens is 807 g/mol. The molecule has 1 unspecified atom stereocenters. The van der Waals surface area contributed by atoms with Gasteiger partial charge in [0.15, 0.2) is 0 Å². The van der Waals surface area contributed by atoms with E-state index in [2.05, 4.69) is 26.8 Å². The number of aldehydes is 1. The lowest BCUT2D eigenvalue weighted by molar-refractivity contribution is -0.142. The Morgan fingerprint density at radius 2 is 1.03 bits per heavy atom. The molecule has 7 N–H and O–H groups in total. The molecule has 0 saturated heterocycles. The number of carboxylic acid groups (broad SMARTS) is 2. The van der Waals surface area contributed by atoms with Crippen LogP contribution in [0, 0.1) is 0 Å². The third-order valence-electron chi connectivity index (χ3n) is 9.55. The highest BCUT2D eigenvalue weighted by molar-refractivity contribution is 5.84. The molecule has 0 fully saturated rings. The van der Waals surface area contributed by atoms with Crippen LogP contribution in [0.5, 0.6) is 0 Å². The maximum atomic E-state index is 12.3. The van der Waals surface area contributed by atoms with Gasteiger partial charge in [0, 0.05) is 32.4 Å². The zero-order chi connectivity index (χ0) is 45.3. The zero-order valence-electron chi connectivity index (χ0n) is 36.5. The fourth-order valence-electron chi connectivity index (χ4n) is 6.13. The lowest BCUT2D eigenvalue weighted by Gasteiger charge is -2.14. The Morgan fingerprint density at radius 1 is 0.548 bits per heavy atom. The lowest BCUT2D eigenvalue weighted by Crippen LogP contribution is -2.47. The molecule has 0 aliphatic rings. The van der Waals surface area contributed by atoms with Crippen LogP contribution < -0.4 is 26.8 Å². The molecule has 0 saturated carbocycles. The molecule has 18 heteroatoms. The average molecular weight is 880 g/mol. The van der Waals surface area contributed by atoms with Crippen LogP contribution in [0.4, 0.5) is 0 Å². The normalized spacial score (nSPS) is 11.9. The van der Waals surface area contributed by atoms with Gasteiger partial charge >= 0.3 is 11.9 Å². The van der Waals surface area contributed by atoms with Crippen molar-refractivity contribution >= 4 is 41.9 Å². The van der Waals surface area contributed by atoms with Crippen LogP contribution in [0.1, 0.15) is 121 Å². The highest BCUT2D eigenvalue weighted by atomic mass is 16.5. The maximum Gasteiger partial charge on any atom is 0.326 e. The van der Waals surface area contributed by atoms with Gasteiger partial charge in [-0.15, -0.1) is 0 Å². The van der Waals surface area contributed by atoms with Crippen LogP contribution in [-0.4, -0.2) is 130 Å². The number of carbonyl (C=O) groups excluding carboxylic acids is 5. The molecule has 352 valence electrons. The van der Waals surface area contributed by atoms with Gasteiger partial charge in [0.2, 0.25) is 17.7 Å². The molecule has 18 nitrogen and oxygen atoms in total. The number of hydrogen-bond donors (Lipinski definition) is 7. The van der Waals surface area contributed by atoms with E-state index in [4.69, 9.17) is 24.1 Å². The summed E-state index contributed by atoms with van der Waals surface area (Å²) in [5.74, 6) is -3.36. The topological polar surface area (TPSA) is 257 Å². The SMILES string of the molecule is O=C[C@H](Cc1ccccc1)NNC(=O)COCCOCCNC(=O)COCCOCCNC(=O)CCC(NC(=O)CCCCCCCCCCCCCCCCC(=O)O)C(=O)O. The van der Waals surface area contributed by atoms with E-state index in [9.17, 15) is 38.7 Å². The number of unbranched alkanes of at least 4 members (excludes halogenated alkanes) is 13. The van der Waals surface area contributed by atoms with E-state index >= 15 is 0 Å². The molecule has 1 rings (SSSR count). The summed E-state index contributed by atoms with van der Waals surface area (Å²) in [6.45, 7) is 1.21. The summed E-state index contributed by atoms with van der Waals surface area (Å²) in [5, 5.41) is 26.0. The van der Waals surface area contributed by atoms with E-state index in [-0.39, 0.29) is 109 Å². The standard InChI is InChI=1S/C44H73N5O13/c50-33-37(32-36-18-14-13-15-19-36)48-49-42(54)35-62-31-29-60-27-25-46-41(53)34-61-30-28-59-26-24-45-39(51)23-22-38(44(57)58)47-40(52)20-16-11-9-7-5-3-1-2-4-6-8-10-12-17-21-43(55)56/h13-15,18-19,33,37-38,48H,1-12,16-17,20-32,34-35H2,(H,45,51)(H,46,53)(H,47,52)(H,49,54)(H,55,56)(H,57,58)/t37-,38?/m0/s1. The van der Waals surface area contributed by atoms with E-state index in [1.54, 1.807) is 0 Å². The summed E-state index contributed by atoms with van der Waals surface area (Å²) in [6.07, 6.45) is 16.6. The molecule has 0 radical (unpaired) electrons. The molecule has 0 spiro atoms. The molecule has 62 heavy (non-hydrogen) atoms. The second-order valence-electron chi connectivity index (χ2n) is 15.0. The minimum Gasteiger partial charge on any atom is -0.481 e. The summed E-state index contributed by atoms with van der Waals surface area (Å²) in [5.41, 5.74) is 6.08. The number of aliphatic carboxylic acids is 2. The number of ether oxygens (including phenoxy) is 4. The van der Waals surface area contributed by atoms with Crippen molar-refractivity contribution in [2.45, 2.75) is 134 Å². The van der Waals surface area contributed by atoms with E-state index in [0.29, 0.717) is 12.8 Å². The first-order chi connectivity index (χ1) is 30.1.